The van der Waals surface area contributed by atoms with Crippen molar-refractivity contribution >= 4 is 87.2 Å². The van der Waals surface area contributed by atoms with Crippen molar-refractivity contribution in [2.75, 3.05) is 14.2 Å². The summed E-state index contributed by atoms with van der Waals surface area (Å²) < 4.78 is 11.2. The Morgan fingerprint density at radius 1 is 0.322 bits per heavy atom. The van der Waals surface area contributed by atoms with Gasteiger partial charge in [-0.1, -0.05) is 302 Å². The molecule has 13 heteroatoms. The number of aromatic nitrogens is 9. The number of fused-ring (bicyclic) bond motifs is 8. The molecule has 0 aliphatic rings. The van der Waals surface area contributed by atoms with Crippen molar-refractivity contribution in [3.05, 3.63) is 365 Å². The minimum atomic E-state index is 0.000494. The van der Waals surface area contributed by atoms with Crippen LogP contribution in [0.4, 0.5) is 0 Å². The number of hydrogen-bond donors (Lipinski definition) is 8. The van der Waals surface area contributed by atoms with E-state index in [9.17, 15) is 0 Å². The number of methoxy groups -OCH3 is 2. The Bertz CT molecular complexity index is 7660. The van der Waals surface area contributed by atoms with E-state index in [1.807, 2.05) is 73.7 Å². The van der Waals surface area contributed by atoms with E-state index >= 15 is 0 Å². The van der Waals surface area contributed by atoms with Crippen molar-refractivity contribution in [1.82, 2.24) is 44.9 Å². The average Bonchev–Trinajstić information content (AvgIpc) is 1.75. The zero-order valence-corrected chi connectivity index (χ0v) is 90.4. The molecule has 0 radical (unpaired) electrons. The van der Waals surface area contributed by atoms with Gasteiger partial charge < -0.3 is 49.3 Å². The van der Waals surface area contributed by atoms with Crippen LogP contribution in [0.3, 0.4) is 0 Å². The molecule has 20 aromatic rings. The molecule has 0 fully saturated rings. The molecule has 0 aliphatic carbocycles. The van der Waals surface area contributed by atoms with Crippen LogP contribution in [0.2, 0.25) is 0 Å². The van der Waals surface area contributed by atoms with Crippen LogP contribution in [-0.4, -0.2) is 59.1 Å². The van der Waals surface area contributed by atoms with Gasteiger partial charge in [0, 0.05) is 133 Å². The van der Waals surface area contributed by atoms with Gasteiger partial charge in [-0.25, -0.2) is 0 Å². The van der Waals surface area contributed by atoms with E-state index < -0.39 is 0 Å². The molecular formula is C130H151N11O2. The van der Waals surface area contributed by atoms with Gasteiger partial charge in [-0.15, -0.1) is 0 Å². The Labute approximate surface area is 849 Å². The topological polar surface area (TPSA) is 205 Å². The Kier molecular flexibility index (Phi) is 32.2. The van der Waals surface area contributed by atoms with Crippen LogP contribution >= 0.6 is 0 Å². The van der Waals surface area contributed by atoms with Gasteiger partial charge in [0.2, 0.25) is 0 Å². The van der Waals surface area contributed by atoms with E-state index in [4.69, 9.17) is 20.0 Å². The Balaban J connectivity index is 0.000000138. The fourth-order valence-corrected chi connectivity index (χ4v) is 18.4. The zero-order valence-electron chi connectivity index (χ0n) is 90.4. The zero-order chi connectivity index (χ0) is 104. The fraction of sp³-hybridized carbons (Fsp3) is 0.315. The second-order valence-corrected chi connectivity index (χ2v) is 46.4. The summed E-state index contributed by atoms with van der Waals surface area (Å²) in [4.78, 5) is 30.5. The van der Waals surface area contributed by atoms with Crippen molar-refractivity contribution in [3.63, 3.8) is 0 Å². The summed E-state index contributed by atoms with van der Waals surface area (Å²) in [5.74, 6) is 2.22. The van der Waals surface area contributed by atoms with E-state index in [1.165, 1.54) is 154 Å². The first-order chi connectivity index (χ1) is 67.5. The number of benzene rings is 11. The van der Waals surface area contributed by atoms with Crippen LogP contribution in [0.15, 0.2) is 292 Å². The summed E-state index contributed by atoms with van der Waals surface area (Å²) in [5, 5.41) is 27.4. The van der Waals surface area contributed by atoms with Crippen LogP contribution in [0.25, 0.3) is 132 Å². The first kappa shape index (κ1) is 106. The van der Waals surface area contributed by atoms with Crippen LogP contribution in [-0.2, 0) is 56.2 Å². The normalized spacial score (nSPS) is 12.0. The van der Waals surface area contributed by atoms with Crippen molar-refractivity contribution in [2.24, 2.45) is 0 Å². The number of rotatable bonds is 9. The number of nitriles is 2. The number of hydrogen-bond acceptors (Lipinski definition) is 5. The fourth-order valence-electron chi connectivity index (χ4n) is 18.4. The van der Waals surface area contributed by atoms with Gasteiger partial charge >= 0.3 is 0 Å². The van der Waals surface area contributed by atoms with Crippen LogP contribution in [0, 0.1) is 29.6 Å². The van der Waals surface area contributed by atoms with Gasteiger partial charge in [-0.2, -0.15) is 10.5 Å². The maximum absolute atomic E-state index is 8.88. The van der Waals surface area contributed by atoms with Gasteiger partial charge in [-0.05, 0) is 300 Å². The van der Waals surface area contributed by atoms with E-state index in [0.29, 0.717) is 17.9 Å². The number of pyridine rings is 1. The highest BCUT2D eigenvalue weighted by Gasteiger charge is 2.28. The van der Waals surface area contributed by atoms with E-state index in [0.717, 1.165) is 61.9 Å². The van der Waals surface area contributed by atoms with Crippen molar-refractivity contribution in [1.29, 1.82) is 10.5 Å². The first-order valence-electron chi connectivity index (χ1n) is 50.4. The maximum Gasteiger partial charge on any atom is 0.130 e. The maximum atomic E-state index is 8.88. The molecule has 0 atom stereocenters. The molecular weight excluding hydrogens is 1750 g/mol. The van der Waals surface area contributed by atoms with E-state index in [-0.39, 0.29) is 43.3 Å². The number of nitrogens with one attached hydrogen (secondary N) is 8. The predicted molar refractivity (Wildman–Crippen MR) is 611 cm³/mol. The summed E-state index contributed by atoms with van der Waals surface area (Å²) in [6.45, 7) is 62.5. The van der Waals surface area contributed by atoms with E-state index in [2.05, 4.69) is 463 Å². The first-order valence-corrected chi connectivity index (χ1v) is 50.4. The van der Waals surface area contributed by atoms with E-state index in [1.54, 1.807) is 20.4 Å². The molecule has 8 N–H and O–H groups in total. The molecule has 11 aromatic carbocycles. The summed E-state index contributed by atoms with van der Waals surface area (Å²) in [6.07, 6.45) is 21.2. The Morgan fingerprint density at radius 2 is 0.671 bits per heavy atom. The second kappa shape index (κ2) is 43.5. The number of aromatic amines is 8. The van der Waals surface area contributed by atoms with Crippen LogP contribution < -0.4 is 9.47 Å². The standard InChI is InChI=1S/C21H25N.C20H23NO2.C18H19N.C17H18N2.C14H16N2.C14H19N.C13H14N2.C13H17N/c1-14(2)15-6-8-16(9-7-15)18-12-17-10-11-22-20(17)13-19(18)21(3,4)5;1-20(2,3)15-12-16-13(9-10-21-16)11-14(15)19-17(22-4)7-6-8-18(19)23-5;1-18(2,3)16-12-17-14(9-10-19-17)11-15(16)13-7-5-4-6-8-13;1-17(2,3)15-10-16-12(6-8-19-16)9-14(15)13-5-4-7-18-11-13;1-14(2,3)11-4-5-12-10(6-7-15)9-16-13(12)8-11;1-5-10-9-15-13-8-11(14(2,3)4)6-7-12(10)13;1-13(2,3)10-4-5-11-9(7-14)8-15-12(11)6-10;1-9-8-14-12-7-10(13(2,3)4)5-6-11(9)12/h6-14,22H,1-5H3;6-12,21H,1-5H3;4-12,19H,1-3H3;4-11,19H,1-3H3;4-5,8-9,16H,6H2,1-3H3;6-9,15H,5H2,1-4H3;4-6,8,15H,1-3H3;5-8,14H,1-4H3. The lowest BCUT2D eigenvalue weighted by molar-refractivity contribution is 0.397. The molecule has 0 unspecified atom stereocenters. The summed E-state index contributed by atoms with van der Waals surface area (Å²) in [5.41, 5.74) is 37.1. The Hall–Kier alpha value is -14.5. The molecule has 9 heterocycles. The second-order valence-electron chi connectivity index (χ2n) is 46.4. The molecule has 0 aliphatic heterocycles. The molecule has 0 bridgehead atoms. The van der Waals surface area contributed by atoms with Crippen molar-refractivity contribution in [3.8, 4) is 68.1 Å². The SMILES string of the molecule is CC(C)(C)c1cc2[nH]ccc2cc1-c1ccccc1.CC(C)(C)c1cc2[nH]ccc2cc1-c1cccnc1.CC(C)(C)c1ccc2c(C#N)c[nH]c2c1.CC(C)(C)c1ccc2c(CC#N)c[nH]c2c1.CC(C)c1ccc(-c2cc3cc[nH]c3cc2C(C)(C)C)cc1.CCc1c[nH]c2cc(C(C)(C)C)ccc12.COc1cccc(OC)c1-c1cc2cc[nH]c2cc1C(C)(C)C.Cc1c[nH]c2cc(C(C)(C)C)ccc12. The smallest absolute Gasteiger partial charge is 0.130 e. The summed E-state index contributed by atoms with van der Waals surface area (Å²) >= 11 is 0. The molecule has 738 valence electrons. The molecule has 0 saturated carbocycles. The Morgan fingerprint density at radius 3 is 1.05 bits per heavy atom. The molecule has 9 aromatic heterocycles. The van der Waals surface area contributed by atoms with Gasteiger partial charge in [0.15, 0.2) is 0 Å². The minimum absolute atomic E-state index is 0.000494. The average molecular weight is 1900 g/mol. The monoisotopic (exact) mass is 1900 g/mol. The third-order valence-electron chi connectivity index (χ3n) is 27.0. The molecule has 0 saturated heterocycles. The largest absolute Gasteiger partial charge is 0.496 e. The van der Waals surface area contributed by atoms with Crippen LogP contribution in [0.5, 0.6) is 11.5 Å². The number of ether oxygens (including phenoxy) is 2. The molecule has 13 nitrogen and oxygen atoms in total. The number of nitrogens with zero attached hydrogens (tertiary/aromatic N) is 3. The molecule has 20 rings (SSSR count). The summed E-state index contributed by atoms with van der Waals surface area (Å²) in [7, 11) is 3.40. The third-order valence-corrected chi connectivity index (χ3v) is 27.0. The number of H-pyrrole nitrogens is 8. The van der Waals surface area contributed by atoms with Gasteiger partial charge in [-0.3, -0.25) is 4.98 Å². The van der Waals surface area contributed by atoms with Gasteiger partial charge in [0.05, 0.1) is 37.8 Å². The third kappa shape index (κ3) is 25.5. The van der Waals surface area contributed by atoms with Crippen molar-refractivity contribution in [2.45, 2.75) is 256 Å². The highest BCUT2D eigenvalue weighted by molar-refractivity contribution is 5.94. The predicted octanol–water partition coefficient (Wildman–Crippen LogP) is 35.7. The lowest BCUT2D eigenvalue weighted by atomic mass is 9.81. The lowest BCUT2D eigenvalue weighted by Crippen LogP contribution is -2.13. The quantitative estimate of drug-likeness (QED) is 0.0708. The molecule has 143 heavy (non-hydrogen) atoms. The highest BCUT2D eigenvalue weighted by atomic mass is 16.5. The van der Waals surface area contributed by atoms with Crippen LogP contribution in [0.1, 0.15) is 265 Å². The number of aryl methyl sites for hydroxylation is 2. The highest BCUT2D eigenvalue weighted by Crippen LogP contribution is 2.47. The minimum Gasteiger partial charge on any atom is -0.496 e. The lowest BCUT2D eigenvalue weighted by Gasteiger charge is -2.25. The molecule has 0 amide bonds. The van der Waals surface area contributed by atoms with Crippen molar-refractivity contribution < 1.29 is 9.47 Å². The van der Waals surface area contributed by atoms with Gasteiger partial charge in [0.1, 0.15) is 17.6 Å². The summed E-state index contributed by atoms with van der Waals surface area (Å²) in [6, 6.07) is 86.8. The molecule has 0 spiro atoms. The van der Waals surface area contributed by atoms with Gasteiger partial charge in [0.25, 0.3) is 0 Å².